The summed E-state index contributed by atoms with van der Waals surface area (Å²) in [6, 6.07) is 2.83. The molecule has 1 aliphatic heterocycles. The standard InChI is InChI=1S/C35H38F4N8OS/c1-41-32-22(15-40)25-21(14-24(37)26(38)30(25)49-32)28-27(39)29-23(16-42-28)31(46(4)18-35(45(2)3)8-5-9-35)44-33(43-29)48-19-34(10-11-34)17-47-12-6-20(36)7-13-47/h14,16,20H,1,5-13,17-19H2,2-4H3. The molecule has 0 bridgehead atoms. The number of hydrogen-bond acceptors (Lipinski definition) is 10. The van der Waals surface area contributed by atoms with Gasteiger partial charge in [0, 0.05) is 61.3 Å². The Hall–Kier alpha value is -3.93. The highest BCUT2D eigenvalue weighted by Crippen LogP contribution is 2.48. The largest absolute Gasteiger partial charge is 0.463 e. The Kier molecular flexibility index (Phi) is 8.73. The third kappa shape index (κ3) is 5.99. The van der Waals surface area contributed by atoms with Crippen molar-refractivity contribution in [1.82, 2.24) is 24.8 Å². The van der Waals surface area contributed by atoms with Crippen LogP contribution in [0.5, 0.6) is 6.01 Å². The normalized spacial score (nSPS) is 18.8. The van der Waals surface area contributed by atoms with Crippen molar-refractivity contribution in [2.24, 2.45) is 10.4 Å². The van der Waals surface area contributed by atoms with Crippen LogP contribution in [0.15, 0.2) is 17.3 Å². The van der Waals surface area contributed by atoms with Crippen LogP contribution in [0.4, 0.5) is 28.4 Å². The van der Waals surface area contributed by atoms with Gasteiger partial charge in [-0.2, -0.15) is 15.2 Å². The number of anilines is 1. The topological polar surface area (TPSA) is 93.8 Å². The summed E-state index contributed by atoms with van der Waals surface area (Å²) < 4.78 is 66.6. The molecule has 1 saturated heterocycles. The van der Waals surface area contributed by atoms with Gasteiger partial charge in [0.05, 0.1) is 22.3 Å². The van der Waals surface area contributed by atoms with E-state index in [4.69, 9.17) is 9.72 Å². The van der Waals surface area contributed by atoms with E-state index >= 15 is 4.39 Å². The number of fused-ring (bicyclic) bond motifs is 2. The molecule has 2 saturated carbocycles. The second-order valence-electron chi connectivity index (χ2n) is 14.1. The van der Waals surface area contributed by atoms with E-state index in [2.05, 4.69) is 31.5 Å². The summed E-state index contributed by atoms with van der Waals surface area (Å²) in [4.78, 5) is 24.0. The van der Waals surface area contributed by atoms with Gasteiger partial charge in [0.15, 0.2) is 17.5 Å². The minimum atomic E-state index is -1.21. The number of likely N-dealkylation sites (N-methyl/N-ethyl adjacent to an activating group) is 2. The molecule has 0 spiro atoms. The summed E-state index contributed by atoms with van der Waals surface area (Å²) in [6.07, 6.45) is 6.76. The SMILES string of the molecule is C=Nc1sc2c(F)c(F)cc(-c3ncc4c(N(C)CC5(N(C)C)CCC5)nc(OCC5(CN6CCC(F)CC6)CC5)nc4c3F)c2c1C#N. The van der Waals surface area contributed by atoms with Crippen molar-refractivity contribution in [3.8, 4) is 23.3 Å². The van der Waals surface area contributed by atoms with Gasteiger partial charge in [0.25, 0.3) is 0 Å². The van der Waals surface area contributed by atoms with E-state index in [0.29, 0.717) is 50.3 Å². The van der Waals surface area contributed by atoms with Gasteiger partial charge in [-0.15, -0.1) is 11.3 Å². The molecular weight excluding hydrogens is 656 g/mol. The van der Waals surface area contributed by atoms with Crippen molar-refractivity contribution in [2.45, 2.75) is 56.7 Å². The highest BCUT2D eigenvalue weighted by atomic mass is 32.1. The van der Waals surface area contributed by atoms with Crippen LogP contribution in [-0.2, 0) is 0 Å². The fourth-order valence-electron chi connectivity index (χ4n) is 7.29. The zero-order valence-corrected chi connectivity index (χ0v) is 28.6. The van der Waals surface area contributed by atoms with Gasteiger partial charge in [-0.3, -0.25) is 9.98 Å². The number of hydrogen-bond donors (Lipinski definition) is 0. The molecule has 258 valence electrons. The number of benzene rings is 1. The van der Waals surface area contributed by atoms with Crippen LogP contribution in [0.2, 0.25) is 0 Å². The Morgan fingerprint density at radius 2 is 1.86 bits per heavy atom. The Morgan fingerprint density at radius 3 is 2.47 bits per heavy atom. The first-order valence-electron chi connectivity index (χ1n) is 16.5. The predicted octanol–water partition coefficient (Wildman–Crippen LogP) is 7.04. The third-order valence-corrected chi connectivity index (χ3v) is 11.8. The third-order valence-electron chi connectivity index (χ3n) is 10.7. The van der Waals surface area contributed by atoms with E-state index in [9.17, 15) is 18.4 Å². The van der Waals surface area contributed by atoms with Crippen molar-refractivity contribution >= 4 is 49.9 Å². The smallest absolute Gasteiger partial charge is 0.319 e. The van der Waals surface area contributed by atoms with Crippen LogP contribution in [0.1, 0.15) is 50.5 Å². The summed E-state index contributed by atoms with van der Waals surface area (Å²) >= 11 is 0.763. The maximum atomic E-state index is 16.8. The summed E-state index contributed by atoms with van der Waals surface area (Å²) in [5, 5.41) is 10.4. The number of halogens is 4. The fourth-order valence-corrected chi connectivity index (χ4v) is 8.30. The molecule has 1 aromatic carbocycles. The predicted molar refractivity (Wildman–Crippen MR) is 183 cm³/mol. The van der Waals surface area contributed by atoms with Crippen molar-refractivity contribution in [3.05, 3.63) is 35.3 Å². The van der Waals surface area contributed by atoms with Crippen LogP contribution in [0.3, 0.4) is 0 Å². The zero-order valence-electron chi connectivity index (χ0n) is 27.8. The average molecular weight is 695 g/mol. The number of nitriles is 1. The van der Waals surface area contributed by atoms with E-state index in [1.54, 1.807) is 0 Å². The Morgan fingerprint density at radius 1 is 1.12 bits per heavy atom. The fraction of sp³-hybridized carbons (Fsp3) is 0.514. The lowest BCUT2D eigenvalue weighted by Gasteiger charge is -2.49. The number of ether oxygens (including phenoxy) is 1. The molecule has 0 amide bonds. The Bertz CT molecular complexity index is 1980. The first-order valence-corrected chi connectivity index (χ1v) is 17.4. The van der Waals surface area contributed by atoms with E-state index in [-0.39, 0.29) is 54.4 Å². The number of piperidine rings is 1. The maximum Gasteiger partial charge on any atom is 0.319 e. The van der Waals surface area contributed by atoms with Crippen molar-refractivity contribution < 1.29 is 22.3 Å². The van der Waals surface area contributed by atoms with E-state index in [1.807, 2.05) is 32.1 Å². The molecule has 0 N–H and O–H groups in total. The molecule has 0 unspecified atom stereocenters. The molecule has 3 fully saturated rings. The summed E-state index contributed by atoms with van der Waals surface area (Å²) in [6.45, 7) is 6.58. The van der Waals surface area contributed by atoms with Gasteiger partial charge >= 0.3 is 6.01 Å². The number of likely N-dealkylation sites (tertiary alicyclic amines) is 1. The number of rotatable bonds is 11. The molecule has 3 aromatic heterocycles. The van der Waals surface area contributed by atoms with E-state index < -0.39 is 23.6 Å². The minimum Gasteiger partial charge on any atom is -0.463 e. The van der Waals surface area contributed by atoms with Gasteiger partial charge in [0.1, 0.15) is 34.3 Å². The minimum absolute atomic E-state index is 0.00604. The van der Waals surface area contributed by atoms with Gasteiger partial charge in [0.2, 0.25) is 0 Å². The van der Waals surface area contributed by atoms with Crippen LogP contribution < -0.4 is 9.64 Å². The van der Waals surface area contributed by atoms with Gasteiger partial charge in [-0.05, 0) is 71.8 Å². The number of pyridine rings is 1. The first kappa shape index (κ1) is 33.6. The second-order valence-corrected chi connectivity index (χ2v) is 15.1. The van der Waals surface area contributed by atoms with Crippen molar-refractivity contribution in [3.63, 3.8) is 0 Å². The van der Waals surface area contributed by atoms with Crippen LogP contribution >= 0.6 is 11.3 Å². The molecule has 4 heterocycles. The zero-order chi connectivity index (χ0) is 34.7. The lowest BCUT2D eigenvalue weighted by Crippen LogP contribution is -2.56. The molecule has 9 nitrogen and oxygen atoms in total. The number of aromatic nitrogens is 3. The van der Waals surface area contributed by atoms with Crippen LogP contribution in [0.25, 0.3) is 32.2 Å². The summed E-state index contributed by atoms with van der Waals surface area (Å²) in [7, 11) is 5.99. The lowest BCUT2D eigenvalue weighted by molar-refractivity contribution is 0.0682. The Labute approximate surface area is 286 Å². The number of nitrogens with zero attached hydrogens (tertiary/aromatic N) is 8. The Balaban J connectivity index is 1.31. The highest BCUT2D eigenvalue weighted by molar-refractivity contribution is 7.23. The van der Waals surface area contributed by atoms with Gasteiger partial charge in [-0.25, -0.2) is 17.6 Å². The van der Waals surface area contributed by atoms with Crippen molar-refractivity contribution in [2.75, 3.05) is 58.8 Å². The molecule has 0 radical (unpaired) electrons. The molecule has 0 atom stereocenters. The number of thiophene rings is 1. The maximum absolute atomic E-state index is 16.8. The monoisotopic (exact) mass is 694 g/mol. The van der Waals surface area contributed by atoms with Gasteiger partial charge < -0.3 is 19.4 Å². The van der Waals surface area contributed by atoms with Gasteiger partial charge in [-0.1, -0.05) is 0 Å². The molecule has 2 aliphatic carbocycles. The highest BCUT2D eigenvalue weighted by Gasteiger charge is 2.46. The van der Waals surface area contributed by atoms with E-state index in [1.165, 1.54) is 6.20 Å². The van der Waals surface area contributed by atoms with E-state index in [0.717, 1.165) is 56.1 Å². The molecule has 3 aliphatic rings. The number of aliphatic imine (C=N–C) groups is 1. The average Bonchev–Trinajstić information content (AvgIpc) is 3.73. The summed E-state index contributed by atoms with van der Waals surface area (Å²) in [5.74, 6) is -2.82. The van der Waals surface area contributed by atoms with Crippen LogP contribution in [0, 0.1) is 34.2 Å². The van der Waals surface area contributed by atoms with Crippen molar-refractivity contribution in [1.29, 1.82) is 5.26 Å². The summed E-state index contributed by atoms with van der Waals surface area (Å²) in [5.41, 5.74) is -0.715. The second kappa shape index (κ2) is 12.8. The quantitative estimate of drug-likeness (QED) is 0.122. The molecular formula is C35H38F4N8OS. The van der Waals surface area contributed by atoms with Crippen LogP contribution in [-0.4, -0.2) is 97.1 Å². The molecule has 49 heavy (non-hydrogen) atoms. The lowest BCUT2D eigenvalue weighted by atomic mass is 9.75. The molecule has 7 rings (SSSR count). The number of alkyl halides is 1. The molecule has 14 heteroatoms. The molecule has 4 aromatic rings. The first-order chi connectivity index (χ1) is 23.5.